The van der Waals surface area contributed by atoms with E-state index >= 15 is 0 Å². The summed E-state index contributed by atoms with van der Waals surface area (Å²) in [6.07, 6.45) is 8.16. The summed E-state index contributed by atoms with van der Waals surface area (Å²) in [5.74, 6) is 1.09. The quantitative estimate of drug-likeness (QED) is 0.241. The van der Waals surface area contributed by atoms with Crippen molar-refractivity contribution in [3.8, 4) is 0 Å². The molecule has 0 spiro atoms. The number of likely N-dealkylation sites (tertiary alicyclic amines) is 1. The number of piperidine rings is 2. The maximum atomic E-state index is 14.4. The van der Waals surface area contributed by atoms with Gasteiger partial charge in [-0.25, -0.2) is 8.78 Å². The van der Waals surface area contributed by atoms with Gasteiger partial charge in [-0.05, 0) is 93.8 Å². The van der Waals surface area contributed by atoms with Crippen LogP contribution in [0.2, 0.25) is 0 Å². The maximum absolute atomic E-state index is 14.4. The first-order valence-electron chi connectivity index (χ1n) is 16.6. The van der Waals surface area contributed by atoms with Crippen LogP contribution in [0.3, 0.4) is 0 Å². The van der Waals surface area contributed by atoms with Crippen LogP contribution in [0.25, 0.3) is 5.57 Å². The summed E-state index contributed by atoms with van der Waals surface area (Å²) in [5, 5.41) is 16.7. The Bertz CT molecular complexity index is 1310. The molecule has 9 nitrogen and oxygen atoms in total. The molecule has 0 aliphatic carbocycles. The van der Waals surface area contributed by atoms with Gasteiger partial charge in [0.1, 0.15) is 5.84 Å². The molecule has 2 saturated heterocycles. The summed E-state index contributed by atoms with van der Waals surface area (Å²) in [7, 11) is 1.58. The molecular formula is C34H50F2N8O. The molecule has 1 amide bonds. The highest BCUT2D eigenvalue weighted by Gasteiger charge is 2.32. The molecule has 5 N–H and O–H groups in total. The van der Waals surface area contributed by atoms with E-state index in [9.17, 15) is 19.0 Å². The lowest BCUT2D eigenvalue weighted by Crippen LogP contribution is -2.48. The third-order valence-electron chi connectivity index (χ3n) is 9.99. The number of amidine groups is 1. The number of alkyl halides is 2. The van der Waals surface area contributed by atoms with Crippen LogP contribution in [0.15, 0.2) is 34.6 Å². The Balaban J connectivity index is 1.35. The Morgan fingerprint density at radius 2 is 1.91 bits per heavy atom. The first kappa shape index (κ1) is 33.1. The van der Waals surface area contributed by atoms with Crippen molar-refractivity contribution in [2.24, 2.45) is 16.6 Å². The van der Waals surface area contributed by atoms with Crippen LogP contribution in [0.4, 0.5) is 14.5 Å². The Labute approximate surface area is 266 Å². The van der Waals surface area contributed by atoms with Crippen molar-refractivity contribution in [2.45, 2.75) is 70.8 Å². The zero-order chi connectivity index (χ0) is 31.9. The molecular weight excluding hydrogens is 574 g/mol. The molecule has 11 heteroatoms. The van der Waals surface area contributed by atoms with E-state index in [0.29, 0.717) is 48.9 Å². The number of nitrogens with two attached hydrogens (primary N) is 1. The van der Waals surface area contributed by atoms with E-state index in [1.807, 2.05) is 4.90 Å². The van der Waals surface area contributed by atoms with Gasteiger partial charge < -0.3 is 31.1 Å². The number of carbonyl (C=O) groups excluding carboxylic acids is 1. The molecule has 4 aliphatic rings. The number of aliphatic imine (C=N–C) groups is 1. The normalized spacial score (nSPS) is 21.1. The van der Waals surface area contributed by atoms with E-state index in [4.69, 9.17) is 5.73 Å². The molecule has 0 radical (unpaired) electrons. The number of anilines is 1. The molecule has 1 aromatic carbocycles. The van der Waals surface area contributed by atoms with Crippen molar-refractivity contribution in [1.82, 2.24) is 20.4 Å². The predicted octanol–water partition coefficient (Wildman–Crippen LogP) is 4.30. The lowest BCUT2D eigenvalue weighted by atomic mass is 9.91. The zero-order valence-electron chi connectivity index (χ0n) is 26.9. The van der Waals surface area contributed by atoms with Crippen LogP contribution >= 0.6 is 0 Å². The number of aryl methyl sites for hydroxylation is 1. The van der Waals surface area contributed by atoms with Crippen LogP contribution in [0.1, 0.15) is 75.0 Å². The van der Waals surface area contributed by atoms with Crippen molar-refractivity contribution in [3.63, 3.8) is 0 Å². The first-order chi connectivity index (χ1) is 21.8. The Morgan fingerprint density at radius 1 is 1.16 bits per heavy atom. The van der Waals surface area contributed by atoms with E-state index in [0.717, 1.165) is 81.2 Å². The predicted molar refractivity (Wildman–Crippen MR) is 178 cm³/mol. The fourth-order valence-corrected chi connectivity index (χ4v) is 7.31. The number of hydrogen-bond donors (Lipinski definition) is 4. The number of allylic oxidation sites excluding steroid dienone is 1. The van der Waals surface area contributed by atoms with Gasteiger partial charge in [-0.15, -0.1) is 0 Å². The Morgan fingerprint density at radius 3 is 2.58 bits per heavy atom. The van der Waals surface area contributed by atoms with Crippen molar-refractivity contribution in [1.29, 1.82) is 5.41 Å². The van der Waals surface area contributed by atoms with Gasteiger partial charge in [0, 0.05) is 93.1 Å². The van der Waals surface area contributed by atoms with Gasteiger partial charge in [0.2, 0.25) is 5.91 Å². The molecule has 2 fully saturated rings. The summed E-state index contributed by atoms with van der Waals surface area (Å²) in [5.41, 5.74) is 9.81. The van der Waals surface area contributed by atoms with Gasteiger partial charge >= 0.3 is 0 Å². The summed E-state index contributed by atoms with van der Waals surface area (Å²) < 4.78 is 28.8. The average Bonchev–Trinajstić information content (AvgIpc) is 3.06. The molecule has 0 atom stereocenters. The van der Waals surface area contributed by atoms with Gasteiger partial charge in [-0.3, -0.25) is 15.2 Å². The smallest absolute Gasteiger partial charge is 0.264 e. The molecule has 246 valence electrons. The zero-order valence-corrected chi connectivity index (χ0v) is 26.9. The Hall–Kier alpha value is -3.31. The molecule has 0 aromatic heterocycles. The summed E-state index contributed by atoms with van der Waals surface area (Å²) in [6.45, 7) is 8.62. The van der Waals surface area contributed by atoms with Gasteiger partial charge in [0.15, 0.2) is 0 Å². The van der Waals surface area contributed by atoms with Crippen LogP contribution in [-0.2, 0) is 11.2 Å². The lowest BCUT2D eigenvalue weighted by molar-refractivity contribution is -0.128. The number of nitrogens with zero attached hydrogens (tertiary/aromatic N) is 4. The minimum atomic E-state index is -2.71. The Kier molecular flexibility index (Phi) is 11.3. The number of halogens is 2. The second-order valence-corrected chi connectivity index (χ2v) is 12.9. The van der Waals surface area contributed by atoms with Gasteiger partial charge in [-0.1, -0.05) is 0 Å². The second kappa shape index (κ2) is 15.3. The highest BCUT2D eigenvalue weighted by Crippen LogP contribution is 2.38. The summed E-state index contributed by atoms with van der Waals surface area (Å²) in [4.78, 5) is 22.7. The number of benzene rings is 1. The highest BCUT2D eigenvalue weighted by molar-refractivity contribution is 6.12. The van der Waals surface area contributed by atoms with Crippen LogP contribution in [0.5, 0.6) is 0 Å². The van der Waals surface area contributed by atoms with Gasteiger partial charge in [0.25, 0.3) is 6.43 Å². The molecule has 4 heterocycles. The molecule has 0 unspecified atom stereocenters. The first-order valence-corrected chi connectivity index (χ1v) is 16.6. The highest BCUT2D eigenvalue weighted by atomic mass is 19.3. The molecule has 0 bridgehead atoms. The second-order valence-electron chi connectivity index (χ2n) is 12.9. The standard InChI is InChI=1S/C34H50F2N8O/c1-23(45)43-17-10-31(41-27-8-15-42(16-9-27)14-7-24-5-11-40-12-6-24)30(22-43)34(38)44-13-3-4-25-18-28(26(20-37)21-39-2)29(33(35)36)19-32(25)44/h18-21,24,27,33,38,40-41H,3-17,22,37H2,1-2H3. The number of carbonyl (C=O) groups is 1. The van der Waals surface area contributed by atoms with E-state index in [-0.39, 0.29) is 17.3 Å². The summed E-state index contributed by atoms with van der Waals surface area (Å²) >= 11 is 0. The van der Waals surface area contributed by atoms with Crippen molar-refractivity contribution in [2.75, 3.05) is 64.3 Å². The number of hydrogen-bond acceptors (Lipinski definition) is 7. The minimum absolute atomic E-state index is 0.0243. The van der Waals surface area contributed by atoms with Gasteiger partial charge in [0.05, 0.1) is 6.54 Å². The molecule has 45 heavy (non-hydrogen) atoms. The molecule has 0 saturated carbocycles. The number of rotatable bonds is 9. The number of nitrogens with one attached hydrogen (secondary N) is 3. The maximum Gasteiger partial charge on any atom is 0.264 e. The SMILES string of the molecule is CN=CC(=CN)c1cc2c(cc1C(F)F)N(C(=N)C1=C(NC3CCN(CCC4CCNCC4)CC3)CCN(C(C)=O)C1)CCC2. The monoisotopic (exact) mass is 624 g/mol. The van der Waals surface area contributed by atoms with Gasteiger partial charge in [-0.2, -0.15) is 0 Å². The topological polar surface area (TPSA) is 113 Å². The number of fused-ring (bicyclic) bond motifs is 1. The number of amides is 1. The van der Waals surface area contributed by atoms with Crippen LogP contribution < -0.4 is 21.3 Å². The van der Waals surface area contributed by atoms with E-state index in [1.54, 1.807) is 24.9 Å². The largest absolute Gasteiger partial charge is 0.404 e. The average molecular weight is 625 g/mol. The summed E-state index contributed by atoms with van der Waals surface area (Å²) in [6, 6.07) is 3.62. The third kappa shape index (κ3) is 7.92. The van der Waals surface area contributed by atoms with Crippen LogP contribution in [-0.4, -0.2) is 93.2 Å². The van der Waals surface area contributed by atoms with E-state index in [2.05, 4.69) is 20.5 Å². The molecule has 5 rings (SSSR count). The molecule has 1 aromatic rings. The lowest BCUT2D eigenvalue weighted by Gasteiger charge is -2.39. The fraction of sp³-hybridized carbons (Fsp3) is 0.618. The van der Waals surface area contributed by atoms with Crippen LogP contribution in [0, 0.1) is 11.3 Å². The van der Waals surface area contributed by atoms with Crippen molar-refractivity contribution >= 4 is 29.2 Å². The minimum Gasteiger partial charge on any atom is -0.404 e. The van der Waals surface area contributed by atoms with Crippen molar-refractivity contribution in [3.05, 3.63) is 46.3 Å². The van der Waals surface area contributed by atoms with E-state index in [1.165, 1.54) is 37.7 Å². The molecule has 4 aliphatic heterocycles. The van der Waals surface area contributed by atoms with E-state index < -0.39 is 6.43 Å². The van der Waals surface area contributed by atoms with Crippen molar-refractivity contribution < 1.29 is 13.6 Å². The third-order valence-corrected chi connectivity index (χ3v) is 9.99. The fourth-order valence-electron chi connectivity index (χ4n) is 7.31.